The summed E-state index contributed by atoms with van der Waals surface area (Å²) in [6.45, 7) is -0.218. The minimum absolute atomic E-state index is 0.0318. The number of carbonyl (C=O) groups excluding carboxylic acids is 1. The summed E-state index contributed by atoms with van der Waals surface area (Å²) in [7, 11) is 0. The van der Waals surface area contributed by atoms with Crippen LogP contribution < -0.4 is 5.32 Å². The summed E-state index contributed by atoms with van der Waals surface area (Å²) in [5, 5.41) is 11.6. The van der Waals surface area contributed by atoms with Gasteiger partial charge in [-0.3, -0.25) is 10.1 Å². The predicted octanol–water partition coefficient (Wildman–Crippen LogP) is 1.99. The Morgan fingerprint density at radius 1 is 1.67 bits per heavy atom. The van der Waals surface area contributed by atoms with Gasteiger partial charge in [-0.1, -0.05) is 23.2 Å². The van der Waals surface area contributed by atoms with E-state index in [2.05, 4.69) is 22.1 Å². The molecule has 0 radical (unpaired) electrons. The van der Waals surface area contributed by atoms with Crippen molar-refractivity contribution >= 4 is 34.0 Å². The van der Waals surface area contributed by atoms with Gasteiger partial charge < -0.3 is 9.52 Å². The Hall–Kier alpha value is -1.81. The van der Waals surface area contributed by atoms with E-state index in [-0.39, 0.29) is 17.4 Å². The predicted molar refractivity (Wildman–Crippen MR) is 67.7 cm³/mol. The van der Waals surface area contributed by atoms with Crippen molar-refractivity contribution in [3.05, 3.63) is 34.2 Å². The number of amides is 1. The molecule has 0 spiro atoms. The third-order valence-corrected chi connectivity index (χ3v) is 3.00. The molecule has 2 aromatic rings. The minimum Gasteiger partial charge on any atom is -0.452 e. The van der Waals surface area contributed by atoms with E-state index in [4.69, 9.17) is 21.1 Å². The van der Waals surface area contributed by atoms with Gasteiger partial charge in [0.1, 0.15) is 6.61 Å². The van der Waals surface area contributed by atoms with Gasteiger partial charge in [-0.25, -0.2) is 4.98 Å². The van der Waals surface area contributed by atoms with Crippen molar-refractivity contribution in [3.63, 3.8) is 0 Å². The van der Waals surface area contributed by atoms with Crippen LogP contribution in [0.5, 0.6) is 0 Å². The van der Waals surface area contributed by atoms with Crippen LogP contribution in [-0.2, 0) is 0 Å². The molecule has 0 atom stereocenters. The van der Waals surface area contributed by atoms with Gasteiger partial charge in [0.2, 0.25) is 5.22 Å². The molecule has 2 N–H and O–H groups in total. The van der Waals surface area contributed by atoms with Gasteiger partial charge >= 0.3 is 0 Å². The topological polar surface area (TPSA) is 75.4 Å². The van der Waals surface area contributed by atoms with E-state index in [1.807, 2.05) is 0 Å². The van der Waals surface area contributed by atoms with Gasteiger partial charge in [0, 0.05) is 0 Å². The summed E-state index contributed by atoms with van der Waals surface area (Å²) in [6, 6.07) is 1.47. The third-order valence-electron chi connectivity index (χ3n) is 1.88. The van der Waals surface area contributed by atoms with E-state index in [0.29, 0.717) is 10.0 Å². The van der Waals surface area contributed by atoms with Crippen LogP contribution in [-0.4, -0.2) is 22.6 Å². The number of anilines is 1. The number of halogens is 1. The molecule has 18 heavy (non-hydrogen) atoms. The summed E-state index contributed by atoms with van der Waals surface area (Å²) in [4.78, 5) is 16.4. The number of carbonyl (C=O) groups is 1. The Balaban J connectivity index is 2.08. The zero-order chi connectivity index (χ0) is 13.0. The normalized spacial score (nSPS) is 9.67. The summed E-state index contributed by atoms with van der Waals surface area (Å²) < 4.78 is 4.82. The Morgan fingerprint density at radius 3 is 3.17 bits per heavy atom. The van der Waals surface area contributed by atoms with Crippen LogP contribution in [0, 0.1) is 11.8 Å². The van der Waals surface area contributed by atoms with Crippen LogP contribution in [0.4, 0.5) is 5.13 Å². The summed E-state index contributed by atoms with van der Waals surface area (Å²) >= 11 is 6.88. The molecule has 1 amide bonds. The first kappa shape index (κ1) is 12.6. The molecule has 0 aliphatic heterocycles. The van der Waals surface area contributed by atoms with E-state index >= 15 is 0 Å². The number of hydrogen-bond acceptors (Lipinski definition) is 5. The zero-order valence-electron chi connectivity index (χ0n) is 8.94. The zero-order valence-corrected chi connectivity index (χ0v) is 10.5. The van der Waals surface area contributed by atoms with Crippen molar-refractivity contribution < 1.29 is 14.3 Å². The van der Waals surface area contributed by atoms with Gasteiger partial charge in [-0.05, 0) is 17.7 Å². The van der Waals surface area contributed by atoms with Gasteiger partial charge in [-0.15, -0.1) is 0 Å². The second-order valence-corrected chi connectivity index (χ2v) is 4.43. The summed E-state index contributed by atoms with van der Waals surface area (Å²) in [5.74, 6) is 4.79. The van der Waals surface area contributed by atoms with Crippen molar-refractivity contribution in [2.75, 3.05) is 11.9 Å². The number of aromatic nitrogens is 1. The monoisotopic (exact) mass is 282 g/mol. The highest BCUT2D eigenvalue weighted by Gasteiger charge is 2.14. The van der Waals surface area contributed by atoms with Crippen molar-refractivity contribution in [2.24, 2.45) is 0 Å². The van der Waals surface area contributed by atoms with Crippen LogP contribution >= 0.6 is 22.9 Å². The lowest BCUT2D eigenvalue weighted by Gasteiger charge is -1.97. The maximum absolute atomic E-state index is 11.8. The third kappa shape index (κ3) is 2.90. The Bertz CT molecular complexity index is 624. The highest BCUT2D eigenvalue weighted by atomic mass is 35.5. The van der Waals surface area contributed by atoms with Crippen molar-refractivity contribution in [1.82, 2.24) is 4.98 Å². The van der Waals surface area contributed by atoms with Gasteiger partial charge in [-0.2, -0.15) is 0 Å². The first-order valence-electron chi connectivity index (χ1n) is 4.80. The molecule has 5 nitrogen and oxygen atoms in total. The van der Waals surface area contributed by atoms with E-state index < -0.39 is 5.91 Å². The van der Waals surface area contributed by atoms with Crippen molar-refractivity contribution in [2.45, 2.75) is 0 Å². The molecule has 0 aliphatic rings. The Morgan fingerprint density at radius 2 is 2.50 bits per heavy atom. The lowest BCUT2D eigenvalue weighted by atomic mass is 10.3. The second-order valence-electron chi connectivity index (χ2n) is 3.05. The first-order chi connectivity index (χ1) is 8.70. The standard InChI is InChI=1S/C11H7ClN2O3S/c12-9-8(3-5-17-9)10(16)14-11-13-6-7(18-11)2-1-4-15/h3,5-6,15H,4H2,(H,13,14,16). The number of hydrogen-bond donors (Lipinski definition) is 2. The fourth-order valence-corrected chi connectivity index (χ4v) is 2.02. The van der Waals surface area contributed by atoms with E-state index in [9.17, 15) is 4.79 Å². The number of nitrogens with zero attached hydrogens (tertiary/aromatic N) is 1. The van der Waals surface area contributed by atoms with Crippen LogP contribution in [0.1, 0.15) is 15.2 Å². The lowest BCUT2D eigenvalue weighted by Crippen LogP contribution is -2.10. The van der Waals surface area contributed by atoms with Crippen LogP contribution in [0.2, 0.25) is 5.22 Å². The maximum atomic E-state index is 11.8. The quantitative estimate of drug-likeness (QED) is 0.826. The van der Waals surface area contributed by atoms with Crippen LogP contribution in [0.25, 0.3) is 0 Å². The molecule has 2 rings (SSSR count). The molecule has 0 saturated heterocycles. The summed E-state index contributed by atoms with van der Waals surface area (Å²) in [6.07, 6.45) is 2.84. The van der Waals surface area contributed by atoms with Crippen LogP contribution in [0.3, 0.4) is 0 Å². The molecule has 0 unspecified atom stereocenters. The number of aliphatic hydroxyl groups is 1. The molecule has 2 aromatic heterocycles. The SMILES string of the molecule is O=C(Nc1ncc(C#CCO)s1)c1ccoc1Cl. The number of thiazole rings is 1. The molecule has 92 valence electrons. The second kappa shape index (κ2) is 5.69. The lowest BCUT2D eigenvalue weighted by molar-refractivity contribution is 0.102. The largest absolute Gasteiger partial charge is 0.452 e. The fourth-order valence-electron chi connectivity index (χ4n) is 1.14. The highest BCUT2D eigenvalue weighted by Crippen LogP contribution is 2.21. The van der Waals surface area contributed by atoms with Crippen molar-refractivity contribution in [3.8, 4) is 11.8 Å². The van der Waals surface area contributed by atoms with E-state index in [1.165, 1.54) is 29.9 Å². The molecule has 0 saturated carbocycles. The molecular formula is C11H7ClN2O3S. The molecule has 7 heteroatoms. The minimum atomic E-state index is -0.398. The molecule has 0 aromatic carbocycles. The molecular weight excluding hydrogens is 276 g/mol. The highest BCUT2D eigenvalue weighted by molar-refractivity contribution is 7.16. The summed E-state index contributed by atoms with van der Waals surface area (Å²) in [5.41, 5.74) is 0.245. The fraction of sp³-hybridized carbons (Fsp3) is 0.0909. The number of aliphatic hydroxyl groups excluding tert-OH is 1. The Kier molecular flexibility index (Phi) is 3.99. The molecule has 2 heterocycles. The van der Waals surface area contributed by atoms with Gasteiger partial charge in [0.05, 0.1) is 22.9 Å². The number of furan rings is 1. The average molecular weight is 283 g/mol. The number of rotatable bonds is 2. The maximum Gasteiger partial charge on any atom is 0.262 e. The van der Waals surface area contributed by atoms with Gasteiger partial charge in [0.25, 0.3) is 5.91 Å². The smallest absolute Gasteiger partial charge is 0.262 e. The molecule has 0 bridgehead atoms. The van der Waals surface area contributed by atoms with Crippen LogP contribution in [0.15, 0.2) is 22.9 Å². The van der Waals surface area contributed by atoms with E-state index in [1.54, 1.807) is 0 Å². The van der Waals surface area contributed by atoms with E-state index in [0.717, 1.165) is 0 Å². The Labute approximate surface area is 111 Å². The number of nitrogens with one attached hydrogen (secondary N) is 1. The molecule has 0 aliphatic carbocycles. The van der Waals surface area contributed by atoms with Gasteiger partial charge in [0.15, 0.2) is 5.13 Å². The molecule has 0 fully saturated rings. The first-order valence-corrected chi connectivity index (χ1v) is 6.00. The average Bonchev–Trinajstić information content (AvgIpc) is 2.95. The van der Waals surface area contributed by atoms with Crippen molar-refractivity contribution in [1.29, 1.82) is 0 Å².